The van der Waals surface area contributed by atoms with Gasteiger partial charge >= 0.3 is 6.09 Å². The van der Waals surface area contributed by atoms with E-state index in [2.05, 4.69) is 0 Å². The molecule has 0 bridgehead atoms. The van der Waals surface area contributed by atoms with Gasteiger partial charge in [-0.1, -0.05) is 0 Å². The SMILES string of the molecule is CCOC(=O)N1CCCC(C)(OC)C1. The second kappa shape index (κ2) is 4.64. The van der Waals surface area contributed by atoms with Gasteiger partial charge < -0.3 is 14.4 Å². The molecule has 0 aromatic carbocycles. The van der Waals surface area contributed by atoms with Crippen molar-refractivity contribution in [1.82, 2.24) is 4.90 Å². The first-order chi connectivity index (χ1) is 6.61. The highest BCUT2D eigenvalue weighted by molar-refractivity contribution is 5.67. The molecule has 1 atom stereocenters. The molecule has 1 rings (SSSR count). The predicted octanol–water partition coefficient (Wildman–Crippen LogP) is 1.64. The molecule has 1 aliphatic heterocycles. The summed E-state index contributed by atoms with van der Waals surface area (Å²) >= 11 is 0. The van der Waals surface area contributed by atoms with Gasteiger partial charge in [-0.2, -0.15) is 0 Å². The van der Waals surface area contributed by atoms with Crippen LogP contribution in [0.15, 0.2) is 0 Å². The highest BCUT2D eigenvalue weighted by Crippen LogP contribution is 2.24. The lowest BCUT2D eigenvalue weighted by Crippen LogP contribution is -2.49. The van der Waals surface area contributed by atoms with E-state index in [0.717, 1.165) is 19.4 Å². The molecule has 0 radical (unpaired) electrons. The van der Waals surface area contributed by atoms with E-state index in [-0.39, 0.29) is 11.7 Å². The fraction of sp³-hybridized carbons (Fsp3) is 0.900. The number of carbonyl (C=O) groups is 1. The maximum absolute atomic E-state index is 11.4. The Morgan fingerprint density at radius 2 is 2.29 bits per heavy atom. The summed E-state index contributed by atoms with van der Waals surface area (Å²) in [7, 11) is 1.69. The number of ether oxygens (including phenoxy) is 2. The van der Waals surface area contributed by atoms with Crippen molar-refractivity contribution in [3.05, 3.63) is 0 Å². The molecule has 82 valence electrons. The summed E-state index contributed by atoms with van der Waals surface area (Å²) in [6.45, 7) is 5.68. The minimum Gasteiger partial charge on any atom is -0.450 e. The fourth-order valence-corrected chi connectivity index (χ4v) is 1.74. The Morgan fingerprint density at radius 3 is 2.86 bits per heavy atom. The van der Waals surface area contributed by atoms with Crippen LogP contribution in [0.3, 0.4) is 0 Å². The van der Waals surface area contributed by atoms with Crippen LogP contribution in [0, 0.1) is 0 Å². The van der Waals surface area contributed by atoms with Gasteiger partial charge in [0.25, 0.3) is 0 Å². The van der Waals surface area contributed by atoms with Crippen LogP contribution in [-0.4, -0.2) is 43.4 Å². The minimum atomic E-state index is -0.226. The Balaban J connectivity index is 2.51. The molecule has 0 spiro atoms. The topological polar surface area (TPSA) is 38.8 Å². The summed E-state index contributed by atoms with van der Waals surface area (Å²) in [6.07, 6.45) is 1.75. The monoisotopic (exact) mass is 201 g/mol. The van der Waals surface area contributed by atoms with Crippen molar-refractivity contribution in [1.29, 1.82) is 0 Å². The number of nitrogens with zero attached hydrogens (tertiary/aromatic N) is 1. The largest absolute Gasteiger partial charge is 0.450 e. The molecule has 1 fully saturated rings. The van der Waals surface area contributed by atoms with Gasteiger partial charge in [0.1, 0.15) is 0 Å². The van der Waals surface area contributed by atoms with Crippen LogP contribution in [0.1, 0.15) is 26.7 Å². The molecule has 1 saturated heterocycles. The molecule has 1 unspecified atom stereocenters. The normalized spacial score (nSPS) is 27.5. The molecule has 4 heteroatoms. The predicted molar refractivity (Wildman–Crippen MR) is 53.2 cm³/mol. The molecule has 0 saturated carbocycles. The Bertz CT molecular complexity index is 208. The third-order valence-corrected chi connectivity index (χ3v) is 2.68. The first kappa shape index (κ1) is 11.3. The van der Waals surface area contributed by atoms with Crippen molar-refractivity contribution in [2.75, 3.05) is 26.8 Å². The van der Waals surface area contributed by atoms with Crippen LogP contribution in [0.25, 0.3) is 0 Å². The second-order valence-corrected chi connectivity index (χ2v) is 3.88. The number of hydrogen-bond acceptors (Lipinski definition) is 3. The highest BCUT2D eigenvalue weighted by Gasteiger charge is 2.33. The zero-order valence-corrected chi connectivity index (χ0v) is 9.21. The smallest absolute Gasteiger partial charge is 0.409 e. The number of hydrogen-bond donors (Lipinski definition) is 0. The first-order valence-electron chi connectivity index (χ1n) is 5.08. The lowest BCUT2D eigenvalue weighted by molar-refractivity contribution is -0.0478. The van der Waals surface area contributed by atoms with Crippen LogP contribution in [0.5, 0.6) is 0 Å². The van der Waals surface area contributed by atoms with Gasteiger partial charge in [-0.25, -0.2) is 4.79 Å². The third kappa shape index (κ3) is 2.61. The van der Waals surface area contributed by atoms with Crippen molar-refractivity contribution < 1.29 is 14.3 Å². The van der Waals surface area contributed by atoms with E-state index in [1.54, 1.807) is 12.0 Å². The van der Waals surface area contributed by atoms with Gasteiger partial charge in [0.15, 0.2) is 0 Å². The highest BCUT2D eigenvalue weighted by atomic mass is 16.6. The first-order valence-corrected chi connectivity index (χ1v) is 5.08. The summed E-state index contributed by atoms with van der Waals surface area (Å²) in [4.78, 5) is 13.2. The van der Waals surface area contributed by atoms with Crippen molar-refractivity contribution in [3.8, 4) is 0 Å². The van der Waals surface area contributed by atoms with Crippen molar-refractivity contribution in [2.24, 2.45) is 0 Å². The molecule has 1 amide bonds. The van der Waals surface area contributed by atoms with E-state index in [1.807, 2.05) is 13.8 Å². The van der Waals surface area contributed by atoms with Gasteiger partial charge in [-0.15, -0.1) is 0 Å². The molecule has 1 aliphatic rings. The van der Waals surface area contributed by atoms with Crippen molar-refractivity contribution in [2.45, 2.75) is 32.3 Å². The molecule has 0 aromatic heterocycles. The summed E-state index contributed by atoms with van der Waals surface area (Å²) in [5.41, 5.74) is -0.203. The molecule has 14 heavy (non-hydrogen) atoms. The summed E-state index contributed by atoms with van der Waals surface area (Å²) in [5.74, 6) is 0. The van der Waals surface area contributed by atoms with E-state index >= 15 is 0 Å². The van der Waals surface area contributed by atoms with Crippen molar-refractivity contribution in [3.63, 3.8) is 0 Å². The maximum atomic E-state index is 11.4. The summed E-state index contributed by atoms with van der Waals surface area (Å²) in [6, 6.07) is 0. The summed E-state index contributed by atoms with van der Waals surface area (Å²) in [5, 5.41) is 0. The molecule has 0 aliphatic carbocycles. The van der Waals surface area contributed by atoms with Gasteiger partial charge in [0, 0.05) is 13.7 Å². The summed E-state index contributed by atoms with van der Waals surface area (Å²) < 4.78 is 10.3. The van der Waals surface area contributed by atoms with Crippen LogP contribution in [0.4, 0.5) is 4.79 Å². The average Bonchev–Trinajstić information content (AvgIpc) is 2.18. The Hall–Kier alpha value is -0.770. The van der Waals surface area contributed by atoms with Gasteiger partial charge in [-0.3, -0.25) is 0 Å². The molecule has 4 nitrogen and oxygen atoms in total. The number of likely N-dealkylation sites (tertiary alicyclic amines) is 1. The molecular formula is C10H19NO3. The van der Waals surface area contributed by atoms with E-state index in [0.29, 0.717) is 13.2 Å². The zero-order valence-electron chi connectivity index (χ0n) is 9.21. The molecular weight excluding hydrogens is 182 g/mol. The van der Waals surface area contributed by atoms with Crippen LogP contribution in [-0.2, 0) is 9.47 Å². The van der Waals surface area contributed by atoms with Crippen LogP contribution >= 0.6 is 0 Å². The third-order valence-electron chi connectivity index (χ3n) is 2.68. The van der Waals surface area contributed by atoms with Gasteiger partial charge in [-0.05, 0) is 26.7 Å². The Kier molecular flexibility index (Phi) is 3.75. The number of rotatable bonds is 2. The van der Waals surface area contributed by atoms with Gasteiger partial charge in [0.2, 0.25) is 0 Å². The van der Waals surface area contributed by atoms with E-state index in [4.69, 9.17) is 9.47 Å². The second-order valence-electron chi connectivity index (χ2n) is 3.88. The Labute approximate surface area is 85.2 Å². The lowest BCUT2D eigenvalue weighted by Gasteiger charge is -2.38. The molecule has 0 N–H and O–H groups in total. The minimum absolute atomic E-state index is 0.203. The number of amides is 1. The fourth-order valence-electron chi connectivity index (χ4n) is 1.74. The van der Waals surface area contributed by atoms with E-state index in [9.17, 15) is 4.79 Å². The van der Waals surface area contributed by atoms with Gasteiger partial charge in [0.05, 0.1) is 18.8 Å². The number of methoxy groups -OCH3 is 1. The van der Waals surface area contributed by atoms with E-state index < -0.39 is 0 Å². The maximum Gasteiger partial charge on any atom is 0.409 e. The average molecular weight is 201 g/mol. The Morgan fingerprint density at radius 1 is 1.57 bits per heavy atom. The molecule has 1 heterocycles. The van der Waals surface area contributed by atoms with Crippen LogP contribution in [0.2, 0.25) is 0 Å². The number of piperidine rings is 1. The zero-order chi connectivity index (χ0) is 10.6. The van der Waals surface area contributed by atoms with Crippen molar-refractivity contribution >= 4 is 6.09 Å². The standard InChI is InChI=1S/C10H19NO3/c1-4-14-9(12)11-7-5-6-10(2,8-11)13-3/h4-8H2,1-3H3. The number of carbonyl (C=O) groups excluding carboxylic acids is 1. The molecule has 0 aromatic rings. The quantitative estimate of drug-likeness (QED) is 0.681. The van der Waals surface area contributed by atoms with E-state index in [1.165, 1.54) is 0 Å². The lowest BCUT2D eigenvalue weighted by atomic mass is 9.95. The van der Waals surface area contributed by atoms with Crippen LogP contribution < -0.4 is 0 Å².